The number of carbonyl (C=O) groups is 1. The van der Waals surface area contributed by atoms with Gasteiger partial charge in [0.2, 0.25) is 0 Å². The number of hydrogen-bond acceptors (Lipinski definition) is 5. The predicted octanol–water partition coefficient (Wildman–Crippen LogP) is 5.01. The summed E-state index contributed by atoms with van der Waals surface area (Å²) in [5.41, 5.74) is 5.48. The third-order valence-corrected chi connectivity index (χ3v) is 4.71. The van der Waals surface area contributed by atoms with E-state index in [-0.39, 0.29) is 5.91 Å². The number of methoxy groups -OCH3 is 2. The molecule has 0 aliphatic carbocycles. The van der Waals surface area contributed by atoms with E-state index in [0.29, 0.717) is 40.0 Å². The average molecular weight is 439 g/mol. The van der Waals surface area contributed by atoms with E-state index in [0.717, 1.165) is 11.1 Å². The van der Waals surface area contributed by atoms with Gasteiger partial charge in [0.05, 0.1) is 26.0 Å². The summed E-state index contributed by atoms with van der Waals surface area (Å²) in [7, 11) is 3.09. The lowest BCUT2D eigenvalue weighted by molar-refractivity contribution is 0.0952. The summed E-state index contributed by atoms with van der Waals surface area (Å²) in [6.07, 6.45) is 1.51. The molecule has 0 aliphatic heterocycles. The minimum absolute atomic E-state index is 0.300. The molecule has 6 nitrogen and oxygen atoms in total. The van der Waals surface area contributed by atoms with Crippen LogP contribution < -0.4 is 19.6 Å². The van der Waals surface area contributed by atoms with Gasteiger partial charge in [-0.3, -0.25) is 4.79 Å². The number of rotatable bonds is 8. The van der Waals surface area contributed by atoms with Crippen LogP contribution in [0.25, 0.3) is 0 Å². The van der Waals surface area contributed by atoms with Gasteiger partial charge in [-0.15, -0.1) is 0 Å². The van der Waals surface area contributed by atoms with Crippen molar-refractivity contribution in [2.24, 2.45) is 5.10 Å². The van der Waals surface area contributed by atoms with E-state index in [9.17, 15) is 4.79 Å². The molecule has 0 fully saturated rings. The number of aryl methyl sites for hydroxylation is 1. The second-order valence-corrected chi connectivity index (χ2v) is 7.14. The molecule has 31 heavy (non-hydrogen) atoms. The molecule has 0 unspecified atom stereocenters. The smallest absolute Gasteiger partial charge is 0.275 e. The van der Waals surface area contributed by atoms with E-state index >= 15 is 0 Å². The highest BCUT2D eigenvalue weighted by molar-refractivity contribution is 6.30. The van der Waals surface area contributed by atoms with Crippen LogP contribution in [-0.4, -0.2) is 26.3 Å². The summed E-state index contributed by atoms with van der Waals surface area (Å²) in [5.74, 6) is 1.17. The van der Waals surface area contributed by atoms with Crippen LogP contribution in [0, 0.1) is 6.92 Å². The van der Waals surface area contributed by atoms with Gasteiger partial charge in [-0.1, -0.05) is 35.9 Å². The van der Waals surface area contributed by atoms with Crippen LogP contribution in [-0.2, 0) is 6.61 Å². The topological polar surface area (TPSA) is 69.2 Å². The fourth-order valence-corrected chi connectivity index (χ4v) is 3.15. The van der Waals surface area contributed by atoms with Crippen LogP contribution in [0.2, 0.25) is 5.02 Å². The summed E-state index contributed by atoms with van der Waals surface area (Å²) >= 11 is 6.04. The van der Waals surface area contributed by atoms with Gasteiger partial charge in [0.15, 0.2) is 11.5 Å². The summed E-state index contributed by atoms with van der Waals surface area (Å²) in [4.78, 5) is 12.5. The summed E-state index contributed by atoms with van der Waals surface area (Å²) < 4.78 is 16.7. The quantitative estimate of drug-likeness (QED) is 0.396. The Hall–Kier alpha value is -3.51. The summed E-state index contributed by atoms with van der Waals surface area (Å²) in [5, 5.41) is 4.72. The fourth-order valence-electron chi connectivity index (χ4n) is 2.94. The van der Waals surface area contributed by atoms with Crippen molar-refractivity contribution in [1.29, 1.82) is 0 Å². The fraction of sp³-hybridized carbons (Fsp3) is 0.167. The number of amides is 1. The van der Waals surface area contributed by atoms with Gasteiger partial charge >= 0.3 is 0 Å². The second-order valence-electron chi connectivity index (χ2n) is 6.70. The van der Waals surface area contributed by atoms with Gasteiger partial charge in [-0.25, -0.2) is 5.43 Å². The monoisotopic (exact) mass is 438 g/mol. The molecule has 0 bridgehead atoms. The van der Waals surface area contributed by atoms with Crippen molar-refractivity contribution in [2.75, 3.05) is 14.2 Å². The Bertz CT molecular complexity index is 1100. The van der Waals surface area contributed by atoms with Gasteiger partial charge in [0.25, 0.3) is 5.91 Å². The molecule has 7 heteroatoms. The highest BCUT2D eigenvalue weighted by atomic mass is 35.5. The zero-order chi connectivity index (χ0) is 22.2. The zero-order valence-electron chi connectivity index (χ0n) is 17.5. The Morgan fingerprint density at radius 3 is 2.55 bits per heavy atom. The van der Waals surface area contributed by atoms with Gasteiger partial charge < -0.3 is 14.2 Å². The lowest BCUT2D eigenvalue weighted by atomic mass is 10.1. The van der Waals surface area contributed by atoms with E-state index < -0.39 is 0 Å². The highest BCUT2D eigenvalue weighted by Crippen LogP contribution is 2.31. The summed E-state index contributed by atoms with van der Waals surface area (Å²) in [6.45, 7) is 2.23. The molecular formula is C24H23ClN2O4. The number of hydrazone groups is 1. The molecule has 0 saturated heterocycles. The summed E-state index contributed by atoms with van der Waals surface area (Å²) in [6, 6.07) is 18.2. The van der Waals surface area contributed by atoms with Crippen molar-refractivity contribution in [3.8, 4) is 17.2 Å². The minimum Gasteiger partial charge on any atom is -0.496 e. The molecule has 0 radical (unpaired) electrons. The molecular weight excluding hydrogens is 416 g/mol. The third-order valence-electron chi connectivity index (χ3n) is 4.47. The standard InChI is InChI=1S/C24H23ClN2O4/c1-16-10-11-20(22(12-16)30-3)24(28)27-26-14-18-7-5-9-21(29-2)23(18)31-15-17-6-4-8-19(25)13-17/h4-14H,15H2,1-3H3,(H,27,28)/b26-14-. The van der Waals surface area contributed by atoms with Gasteiger partial charge in [0, 0.05) is 10.6 Å². The SMILES string of the molecule is COc1cc(C)ccc1C(=O)N/N=C\c1cccc(OC)c1OCc1cccc(Cl)c1. The van der Waals surface area contributed by atoms with Crippen LogP contribution in [0.15, 0.2) is 65.8 Å². The first-order valence-electron chi connectivity index (χ1n) is 9.54. The lowest BCUT2D eigenvalue weighted by Gasteiger charge is -2.13. The number of halogens is 1. The van der Waals surface area contributed by atoms with Crippen LogP contribution >= 0.6 is 11.6 Å². The Morgan fingerprint density at radius 2 is 1.81 bits per heavy atom. The molecule has 1 amide bonds. The normalized spacial score (nSPS) is 10.7. The van der Waals surface area contributed by atoms with E-state index in [1.165, 1.54) is 13.3 Å². The van der Waals surface area contributed by atoms with E-state index in [2.05, 4.69) is 10.5 Å². The van der Waals surface area contributed by atoms with Crippen molar-refractivity contribution in [1.82, 2.24) is 5.43 Å². The van der Waals surface area contributed by atoms with Crippen molar-refractivity contribution < 1.29 is 19.0 Å². The molecule has 0 spiro atoms. The molecule has 3 aromatic carbocycles. The number of hydrogen-bond donors (Lipinski definition) is 1. The molecule has 0 heterocycles. The Morgan fingerprint density at radius 1 is 1.03 bits per heavy atom. The third kappa shape index (κ3) is 5.77. The van der Waals surface area contributed by atoms with Crippen molar-refractivity contribution in [3.05, 3.63) is 87.9 Å². The predicted molar refractivity (Wildman–Crippen MR) is 122 cm³/mol. The van der Waals surface area contributed by atoms with Crippen LogP contribution in [0.5, 0.6) is 17.2 Å². The molecule has 0 atom stereocenters. The Labute approximate surface area is 186 Å². The zero-order valence-corrected chi connectivity index (χ0v) is 18.3. The Kier molecular flexibility index (Phi) is 7.51. The molecule has 0 aromatic heterocycles. The van der Waals surface area contributed by atoms with Crippen molar-refractivity contribution in [2.45, 2.75) is 13.5 Å². The van der Waals surface area contributed by atoms with Crippen molar-refractivity contribution >= 4 is 23.7 Å². The van der Waals surface area contributed by atoms with Crippen molar-refractivity contribution in [3.63, 3.8) is 0 Å². The van der Waals surface area contributed by atoms with E-state index in [1.54, 1.807) is 31.4 Å². The largest absolute Gasteiger partial charge is 0.496 e. The minimum atomic E-state index is -0.377. The first-order chi connectivity index (χ1) is 15.0. The first-order valence-corrected chi connectivity index (χ1v) is 9.92. The number of benzene rings is 3. The van der Waals surface area contributed by atoms with Gasteiger partial charge in [-0.2, -0.15) is 5.10 Å². The molecule has 0 saturated carbocycles. The number of ether oxygens (including phenoxy) is 3. The average Bonchev–Trinajstić information content (AvgIpc) is 2.77. The first kappa shape index (κ1) is 22.2. The van der Waals surface area contributed by atoms with Crippen LogP contribution in [0.3, 0.4) is 0 Å². The molecule has 1 N–H and O–H groups in total. The maximum atomic E-state index is 12.5. The van der Waals surface area contributed by atoms with Crippen LogP contribution in [0.4, 0.5) is 0 Å². The molecule has 3 rings (SSSR count). The van der Waals surface area contributed by atoms with Gasteiger partial charge in [0.1, 0.15) is 12.4 Å². The maximum Gasteiger partial charge on any atom is 0.275 e. The lowest BCUT2D eigenvalue weighted by Crippen LogP contribution is -2.18. The molecule has 3 aromatic rings. The van der Waals surface area contributed by atoms with Crippen LogP contribution in [0.1, 0.15) is 27.0 Å². The molecule has 160 valence electrons. The number of nitrogens with zero attached hydrogens (tertiary/aromatic N) is 1. The second kappa shape index (κ2) is 10.5. The number of nitrogens with one attached hydrogen (secondary N) is 1. The number of carbonyl (C=O) groups excluding carboxylic acids is 1. The van der Waals surface area contributed by atoms with Gasteiger partial charge in [-0.05, 0) is 54.4 Å². The van der Waals surface area contributed by atoms with E-state index in [4.69, 9.17) is 25.8 Å². The highest BCUT2D eigenvalue weighted by Gasteiger charge is 2.13. The van der Waals surface area contributed by atoms with E-state index in [1.807, 2.05) is 43.3 Å². The Balaban J connectivity index is 1.76. The maximum absolute atomic E-state index is 12.5. The molecule has 0 aliphatic rings. The number of para-hydroxylation sites is 1.